The van der Waals surface area contributed by atoms with E-state index in [2.05, 4.69) is 14.9 Å². The van der Waals surface area contributed by atoms with E-state index in [9.17, 15) is 17.6 Å². The van der Waals surface area contributed by atoms with Crippen LogP contribution in [0.25, 0.3) is 0 Å². The predicted octanol–water partition coefficient (Wildman–Crippen LogP) is 4.87. The Morgan fingerprint density at radius 1 is 0.875 bits per heavy atom. The van der Waals surface area contributed by atoms with Gasteiger partial charge in [0, 0.05) is 30.0 Å². The number of nitrogens with zero attached hydrogens (tertiary/aromatic N) is 1. The zero-order valence-electron chi connectivity index (χ0n) is 17.4. The Bertz CT molecular complexity index is 1210. The number of carbonyl (C=O) groups is 1. The number of sulfonamides is 1. The number of carbonyl (C=O) groups excluding carboxylic acids is 1. The van der Waals surface area contributed by atoms with Crippen LogP contribution in [0.2, 0.25) is 0 Å². The van der Waals surface area contributed by atoms with Crippen molar-refractivity contribution in [2.45, 2.75) is 24.2 Å². The number of piperidine rings is 1. The molecule has 1 aliphatic rings. The molecule has 1 amide bonds. The minimum atomic E-state index is -4.06. The van der Waals surface area contributed by atoms with E-state index in [1.54, 1.807) is 0 Å². The summed E-state index contributed by atoms with van der Waals surface area (Å²) >= 11 is 0. The van der Waals surface area contributed by atoms with E-state index < -0.39 is 21.7 Å². The SMILES string of the molecule is O=C(Nc1ccc(N2CCCCC2)cc1)c1cccc(S(=O)(=O)Nc2ccccc2F)c1. The number of rotatable bonds is 6. The number of anilines is 3. The highest BCUT2D eigenvalue weighted by molar-refractivity contribution is 7.92. The fourth-order valence-corrected chi connectivity index (χ4v) is 4.78. The molecule has 0 saturated carbocycles. The van der Waals surface area contributed by atoms with Crippen LogP contribution >= 0.6 is 0 Å². The monoisotopic (exact) mass is 453 g/mol. The van der Waals surface area contributed by atoms with Crippen LogP contribution in [-0.4, -0.2) is 27.4 Å². The van der Waals surface area contributed by atoms with E-state index in [0.29, 0.717) is 5.69 Å². The summed E-state index contributed by atoms with van der Waals surface area (Å²) < 4.78 is 41.4. The second-order valence-corrected chi connectivity index (χ2v) is 9.34. The highest BCUT2D eigenvalue weighted by atomic mass is 32.2. The maximum absolute atomic E-state index is 13.8. The molecule has 3 aromatic carbocycles. The smallest absolute Gasteiger partial charge is 0.262 e. The third kappa shape index (κ3) is 5.08. The topological polar surface area (TPSA) is 78.5 Å². The van der Waals surface area contributed by atoms with Gasteiger partial charge in [0.1, 0.15) is 5.82 Å². The number of halogens is 1. The fourth-order valence-electron chi connectivity index (χ4n) is 3.66. The van der Waals surface area contributed by atoms with E-state index in [1.807, 2.05) is 24.3 Å². The van der Waals surface area contributed by atoms with Crippen LogP contribution in [0.5, 0.6) is 0 Å². The predicted molar refractivity (Wildman–Crippen MR) is 124 cm³/mol. The molecule has 0 bridgehead atoms. The number of hydrogen-bond donors (Lipinski definition) is 2. The Balaban J connectivity index is 1.47. The highest BCUT2D eigenvalue weighted by Gasteiger charge is 2.18. The molecule has 0 aliphatic carbocycles. The molecule has 0 radical (unpaired) electrons. The minimum Gasteiger partial charge on any atom is -0.372 e. The van der Waals surface area contributed by atoms with Crippen LogP contribution in [0.1, 0.15) is 29.6 Å². The van der Waals surface area contributed by atoms with Crippen molar-refractivity contribution in [3.63, 3.8) is 0 Å². The Morgan fingerprint density at radius 2 is 1.59 bits per heavy atom. The number of nitrogens with one attached hydrogen (secondary N) is 2. The van der Waals surface area contributed by atoms with E-state index in [4.69, 9.17) is 0 Å². The maximum Gasteiger partial charge on any atom is 0.262 e. The van der Waals surface area contributed by atoms with Crippen molar-refractivity contribution in [1.29, 1.82) is 0 Å². The number of amides is 1. The first-order chi connectivity index (χ1) is 15.4. The van der Waals surface area contributed by atoms with Crippen LogP contribution in [0, 0.1) is 5.82 Å². The van der Waals surface area contributed by atoms with Gasteiger partial charge in [-0.25, -0.2) is 12.8 Å². The average molecular weight is 454 g/mol. The van der Waals surface area contributed by atoms with Crippen molar-refractivity contribution in [1.82, 2.24) is 0 Å². The summed E-state index contributed by atoms with van der Waals surface area (Å²) in [6.07, 6.45) is 3.63. The van der Waals surface area contributed by atoms with Gasteiger partial charge in [-0.15, -0.1) is 0 Å². The Hall–Kier alpha value is -3.39. The first kappa shape index (κ1) is 21.8. The van der Waals surface area contributed by atoms with Gasteiger partial charge in [0.05, 0.1) is 10.6 Å². The summed E-state index contributed by atoms with van der Waals surface area (Å²) in [7, 11) is -4.06. The molecule has 8 heteroatoms. The molecule has 4 rings (SSSR count). The lowest BCUT2D eigenvalue weighted by atomic mass is 10.1. The van der Waals surface area contributed by atoms with Gasteiger partial charge in [-0.05, 0) is 73.9 Å². The minimum absolute atomic E-state index is 0.131. The van der Waals surface area contributed by atoms with Crippen molar-refractivity contribution in [2.75, 3.05) is 28.0 Å². The molecule has 32 heavy (non-hydrogen) atoms. The highest BCUT2D eigenvalue weighted by Crippen LogP contribution is 2.23. The van der Waals surface area contributed by atoms with Gasteiger partial charge in [0.25, 0.3) is 15.9 Å². The summed E-state index contributed by atoms with van der Waals surface area (Å²) in [5.41, 5.74) is 1.76. The van der Waals surface area contributed by atoms with Crippen LogP contribution in [0.4, 0.5) is 21.5 Å². The number of hydrogen-bond acceptors (Lipinski definition) is 4. The Kier molecular flexibility index (Phi) is 6.41. The third-order valence-electron chi connectivity index (χ3n) is 5.37. The van der Waals surface area contributed by atoms with Gasteiger partial charge in [-0.2, -0.15) is 0 Å². The van der Waals surface area contributed by atoms with Crippen molar-refractivity contribution in [3.8, 4) is 0 Å². The molecule has 1 aliphatic heterocycles. The lowest BCUT2D eigenvalue weighted by Crippen LogP contribution is -2.29. The number of para-hydroxylation sites is 1. The summed E-state index contributed by atoms with van der Waals surface area (Å²) in [5, 5.41) is 2.79. The molecule has 1 saturated heterocycles. The lowest BCUT2D eigenvalue weighted by molar-refractivity contribution is 0.102. The zero-order chi connectivity index (χ0) is 22.6. The molecule has 6 nitrogen and oxygen atoms in total. The second-order valence-electron chi connectivity index (χ2n) is 7.66. The lowest BCUT2D eigenvalue weighted by Gasteiger charge is -2.28. The quantitative estimate of drug-likeness (QED) is 0.558. The van der Waals surface area contributed by atoms with Gasteiger partial charge in [0.2, 0.25) is 0 Å². The van der Waals surface area contributed by atoms with Crippen molar-refractivity contribution >= 4 is 33.0 Å². The van der Waals surface area contributed by atoms with Crippen molar-refractivity contribution < 1.29 is 17.6 Å². The third-order valence-corrected chi connectivity index (χ3v) is 6.73. The zero-order valence-corrected chi connectivity index (χ0v) is 18.2. The van der Waals surface area contributed by atoms with Gasteiger partial charge < -0.3 is 10.2 Å². The van der Waals surface area contributed by atoms with Crippen LogP contribution in [0.15, 0.2) is 77.7 Å². The van der Waals surface area contributed by atoms with Crippen molar-refractivity contribution in [3.05, 3.63) is 84.2 Å². The fraction of sp³-hybridized carbons (Fsp3) is 0.208. The molecular weight excluding hydrogens is 429 g/mol. The molecular formula is C24H24FN3O3S. The molecule has 2 N–H and O–H groups in total. The molecule has 0 atom stereocenters. The van der Waals surface area contributed by atoms with Gasteiger partial charge >= 0.3 is 0 Å². The summed E-state index contributed by atoms with van der Waals surface area (Å²) in [4.78, 5) is 14.9. The van der Waals surface area contributed by atoms with Crippen molar-refractivity contribution in [2.24, 2.45) is 0 Å². The van der Waals surface area contributed by atoms with Crippen LogP contribution < -0.4 is 14.9 Å². The Labute approximate surface area is 187 Å². The van der Waals surface area contributed by atoms with Gasteiger partial charge in [-0.3, -0.25) is 9.52 Å². The molecule has 0 unspecified atom stereocenters. The molecule has 0 aromatic heterocycles. The van der Waals surface area contributed by atoms with Crippen LogP contribution in [-0.2, 0) is 10.0 Å². The van der Waals surface area contributed by atoms with Gasteiger partial charge in [0.15, 0.2) is 0 Å². The average Bonchev–Trinajstić information content (AvgIpc) is 2.82. The van der Waals surface area contributed by atoms with E-state index in [-0.39, 0.29) is 16.1 Å². The largest absolute Gasteiger partial charge is 0.372 e. The summed E-state index contributed by atoms with van der Waals surface area (Å²) in [6.45, 7) is 2.07. The second kappa shape index (κ2) is 9.40. The summed E-state index contributed by atoms with van der Waals surface area (Å²) in [5.74, 6) is -1.11. The maximum atomic E-state index is 13.8. The van der Waals surface area contributed by atoms with Crippen LogP contribution in [0.3, 0.4) is 0 Å². The summed E-state index contributed by atoms with van der Waals surface area (Å²) in [6, 6.07) is 18.7. The molecule has 1 heterocycles. The molecule has 166 valence electrons. The standard InChI is InChI=1S/C24H24FN3O3S/c25-22-9-2-3-10-23(22)27-32(30,31)21-8-6-7-18(17-21)24(29)26-19-11-13-20(14-12-19)28-15-4-1-5-16-28/h2-3,6-14,17,27H,1,4-5,15-16H2,(H,26,29). The van der Waals surface area contributed by atoms with E-state index >= 15 is 0 Å². The normalized spacial score (nSPS) is 14.1. The first-order valence-electron chi connectivity index (χ1n) is 10.5. The molecule has 3 aromatic rings. The molecule has 0 spiro atoms. The van der Waals surface area contributed by atoms with E-state index in [0.717, 1.165) is 24.8 Å². The Morgan fingerprint density at radius 3 is 2.31 bits per heavy atom. The number of benzene rings is 3. The first-order valence-corrected chi connectivity index (χ1v) is 11.9. The van der Waals surface area contributed by atoms with Gasteiger partial charge in [-0.1, -0.05) is 18.2 Å². The van der Waals surface area contributed by atoms with E-state index in [1.165, 1.54) is 61.7 Å². The molecule has 1 fully saturated rings.